The molecule has 1 aliphatic heterocycles. The molecule has 2 amide bonds. The molecule has 6 heteroatoms. The Labute approximate surface area is 149 Å². The molecule has 0 unspecified atom stereocenters. The quantitative estimate of drug-likeness (QED) is 0.905. The first-order chi connectivity index (χ1) is 11.7. The number of nitrogens with zero attached hydrogens (tertiary/aromatic N) is 1. The van der Waals surface area contributed by atoms with Gasteiger partial charge in [-0.25, -0.2) is 9.59 Å². The van der Waals surface area contributed by atoms with Crippen molar-refractivity contribution in [3.05, 3.63) is 35.9 Å². The Bertz CT molecular complexity index is 583. The lowest BCUT2D eigenvalue weighted by Gasteiger charge is -2.24. The van der Waals surface area contributed by atoms with Crippen LogP contribution in [0, 0.1) is 11.8 Å². The van der Waals surface area contributed by atoms with Gasteiger partial charge in [0.25, 0.3) is 0 Å². The minimum absolute atomic E-state index is 0.191. The van der Waals surface area contributed by atoms with Crippen LogP contribution in [0.5, 0.6) is 0 Å². The van der Waals surface area contributed by atoms with Crippen molar-refractivity contribution < 1.29 is 19.1 Å². The van der Waals surface area contributed by atoms with Crippen molar-refractivity contribution in [3.63, 3.8) is 0 Å². The summed E-state index contributed by atoms with van der Waals surface area (Å²) >= 11 is 0. The van der Waals surface area contributed by atoms with Gasteiger partial charge in [0.2, 0.25) is 0 Å². The smallest absolute Gasteiger partial charge is 0.410 e. The second kappa shape index (κ2) is 8.23. The van der Waals surface area contributed by atoms with Crippen molar-refractivity contribution in [2.45, 2.75) is 39.9 Å². The number of rotatable bonds is 4. The van der Waals surface area contributed by atoms with Crippen LogP contribution in [0.25, 0.3) is 0 Å². The van der Waals surface area contributed by atoms with Gasteiger partial charge in [0, 0.05) is 19.6 Å². The zero-order chi connectivity index (χ0) is 18.4. The Balaban J connectivity index is 1.73. The van der Waals surface area contributed by atoms with E-state index in [0.717, 1.165) is 5.56 Å². The molecule has 6 nitrogen and oxygen atoms in total. The fourth-order valence-corrected chi connectivity index (χ4v) is 2.76. The molecule has 0 spiro atoms. The third kappa shape index (κ3) is 6.29. The van der Waals surface area contributed by atoms with Crippen molar-refractivity contribution in [3.8, 4) is 0 Å². The Morgan fingerprint density at radius 3 is 2.52 bits per heavy atom. The maximum atomic E-state index is 12.1. The number of hydrogen-bond donors (Lipinski definition) is 1. The van der Waals surface area contributed by atoms with Crippen LogP contribution in [0.4, 0.5) is 9.59 Å². The second-order valence-corrected chi connectivity index (χ2v) is 7.57. The molecule has 1 aromatic rings. The zero-order valence-corrected chi connectivity index (χ0v) is 15.5. The van der Waals surface area contributed by atoms with E-state index in [4.69, 9.17) is 9.47 Å². The van der Waals surface area contributed by atoms with E-state index in [-0.39, 0.29) is 18.6 Å². The van der Waals surface area contributed by atoms with Crippen LogP contribution >= 0.6 is 0 Å². The normalized spacial score (nSPS) is 20.2. The fourth-order valence-electron chi connectivity index (χ4n) is 2.76. The maximum absolute atomic E-state index is 12.1. The molecule has 25 heavy (non-hydrogen) atoms. The van der Waals surface area contributed by atoms with Gasteiger partial charge < -0.3 is 19.7 Å². The molecule has 1 N–H and O–H groups in total. The lowest BCUT2D eigenvalue weighted by Crippen LogP contribution is -2.36. The largest absolute Gasteiger partial charge is 0.445 e. The second-order valence-electron chi connectivity index (χ2n) is 7.57. The lowest BCUT2D eigenvalue weighted by molar-refractivity contribution is 0.0285. The highest BCUT2D eigenvalue weighted by Crippen LogP contribution is 2.24. The minimum Gasteiger partial charge on any atom is -0.445 e. The van der Waals surface area contributed by atoms with E-state index in [1.165, 1.54) is 0 Å². The van der Waals surface area contributed by atoms with Crippen LogP contribution < -0.4 is 5.32 Å². The average Bonchev–Trinajstić information content (AvgIpc) is 2.91. The van der Waals surface area contributed by atoms with Gasteiger partial charge in [-0.3, -0.25) is 0 Å². The van der Waals surface area contributed by atoms with E-state index < -0.39 is 11.7 Å². The monoisotopic (exact) mass is 348 g/mol. The number of carbonyl (C=O) groups excluding carboxylic acids is 2. The van der Waals surface area contributed by atoms with Gasteiger partial charge in [-0.2, -0.15) is 0 Å². The molecule has 0 saturated carbocycles. The summed E-state index contributed by atoms with van der Waals surface area (Å²) in [5, 5.41) is 2.79. The molecule has 2 atom stereocenters. The molecule has 0 bridgehead atoms. The van der Waals surface area contributed by atoms with Crippen LogP contribution in [0.3, 0.4) is 0 Å². The van der Waals surface area contributed by atoms with Crippen LogP contribution in [0.2, 0.25) is 0 Å². The van der Waals surface area contributed by atoms with E-state index in [1.54, 1.807) is 4.90 Å². The van der Waals surface area contributed by atoms with Gasteiger partial charge in [-0.05, 0) is 38.2 Å². The third-order valence-corrected chi connectivity index (χ3v) is 4.14. The molecule has 0 radical (unpaired) electrons. The SMILES string of the molecule is C[C@@H]1CN(C(=O)OC(C)(C)C)C[C@@H]1CNC(=O)OCc1ccccc1. The van der Waals surface area contributed by atoms with Crippen LogP contribution in [-0.4, -0.2) is 42.3 Å². The number of nitrogens with one attached hydrogen (secondary N) is 1. The molecular weight excluding hydrogens is 320 g/mol. The maximum Gasteiger partial charge on any atom is 0.410 e. The highest BCUT2D eigenvalue weighted by molar-refractivity contribution is 5.69. The van der Waals surface area contributed by atoms with E-state index in [9.17, 15) is 9.59 Å². The predicted molar refractivity (Wildman–Crippen MR) is 95.1 cm³/mol. The Hall–Kier alpha value is -2.24. The van der Waals surface area contributed by atoms with Crippen molar-refractivity contribution in [1.82, 2.24) is 10.2 Å². The summed E-state index contributed by atoms with van der Waals surface area (Å²) in [6, 6.07) is 9.54. The number of benzene rings is 1. The van der Waals surface area contributed by atoms with Gasteiger partial charge in [0.1, 0.15) is 12.2 Å². The Kier molecular flexibility index (Phi) is 6.28. The summed E-state index contributed by atoms with van der Waals surface area (Å²) < 4.78 is 10.6. The highest BCUT2D eigenvalue weighted by atomic mass is 16.6. The molecule has 1 fully saturated rings. The summed E-state index contributed by atoms with van der Waals surface area (Å²) in [6.07, 6.45) is -0.736. The van der Waals surface area contributed by atoms with Crippen molar-refractivity contribution >= 4 is 12.2 Å². The molecule has 2 rings (SSSR count). The number of ether oxygens (including phenoxy) is 2. The third-order valence-electron chi connectivity index (χ3n) is 4.14. The number of likely N-dealkylation sites (tertiary alicyclic amines) is 1. The fraction of sp³-hybridized carbons (Fsp3) is 0.579. The van der Waals surface area contributed by atoms with E-state index in [0.29, 0.717) is 25.6 Å². The molecule has 1 aliphatic rings. The lowest BCUT2D eigenvalue weighted by atomic mass is 9.98. The molecule has 0 aliphatic carbocycles. The zero-order valence-electron chi connectivity index (χ0n) is 15.5. The average molecular weight is 348 g/mol. The van der Waals surface area contributed by atoms with E-state index in [2.05, 4.69) is 12.2 Å². The molecule has 1 heterocycles. The summed E-state index contributed by atoms with van der Waals surface area (Å²) in [7, 11) is 0. The summed E-state index contributed by atoms with van der Waals surface area (Å²) in [4.78, 5) is 25.7. The first kappa shape index (κ1) is 19.1. The number of carbonyl (C=O) groups is 2. The number of hydrogen-bond acceptors (Lipinski definition) is 4. The van der Waals surface area contributed by atoms with Gasteiger partial charge in [-0.1, -0.05) is 37.3 Å². The molecule has 1 aromatic carbocycles. The van der Waals surface area contributed by atoms with Gasteiger partial charge in [-0.15, -0.1) is 0 Å². The molecular formula is C19H28N2O4. The first-order valence-corrected chi connectivity index (χ1v) is 8.67. The van der Waals surface area contributed by atoms with Crippen LogP contribution in [0.1, 0.15) is 33.3 Å². The first-order valence-electron chi connectivity index (χ1n) is 8.67. The van der Waals surface area contributed by atoms with Gasteiger partial charge >= 0.3 is 12.2 Å². The summed E-state index contributed by atoms with van der Waals surface area (Å²) in [5.74, 6) is 0.485. The summed E-state index contributed by atoms with van der Waals surface area (Å²) in [5.41, 5.74) is 0.445. The molecule has 138 valence electrons. The number of alkyl carbamates (subject to hydrolysis) is 1. The van der Waals surface area contributed by atoms with Crippen molar-refractivity contribution in [1.29, 1.82) is 0 Å². The standard InChI is InChI=1S/C19H28N2O4/c1-14-11-21(18(23)25-19(2,3)4)12-16(14)10-20-17(22)24-13-15-8-6-5-7-9-15/h5-9,14,16H,10-13H2,1-4H3,(H,20,22)/t14-,16+/m1/s1. The topological polar surface area (TPSA) is 67.9 Å². The minimum atomic E-state index is -0.502. The van der Waals surface area contributed by atoms with E-state index in [1.807, 2.05) is 51.1 Å². The molecule has 1 saturated heterocycles. The predicted octanol–water partition coefficient (Wildman–Crippen LogP) is 3.42. The van der Waals surface area contributed by atoms with Gasteiger partial charge in [0.05, 0.1) is 0 Å². The summed E-state index contributed by atoms with van der Waals surface area (Å²) in [6.45, 7) is 9.58. The van der Waals surface area contributed by atoms with Crippen LogP contribution in [-0.2, 0) is 16.1 Å². The van der Waals surface area contributed by atoms with E-state index >= 15 is 0 Å². The molecule has 0 aromatic heterocycles. The van der Waals surface area contributed by atoms with Crippen LogP contribution in [0.15, 0.2) is 30.3 Å². The van der Waals surface area contributed by atoms with Gasteiger partial charge in [0.15, 0.2) is 0 Å². The Morgan fingerprint density at radius 1 is 1.20 bits per heavy atom. The Morgan fingerprint density at radius 2 is 1.88 bits per heavy atom. The number of amides is 2. The van der Waals surface area contributed by atoms with Crippen molar-refractivity contribution in [2.75, 3.05) is 19.6 Å². The van der Waals surface area contributed by atoms with Crippen molar-refractivity contribution in [2.24, 2.45) is 11.8 Å². The highest BCUT2D eigenvalue weighted by Gasteiger charge is 2.34.